The summed E-state index contributed by atoms with van der Waals surface area (Å²) in [6.45, 7) is 18.1. The van der Waals surface area contributed by atoms with E-state index in [1.807, 2.05) is 74.5 Å². The van der Waals surface area contributed by atoms with Crippen molar-refractivity contribution in [2.24, 2.45) is 0 Å². The minimum Gasteiger partial charge on any atom is -0.462 e. The molecule has 0 aliphatic heterocycles. The molecule has 0 radical (unpaired) electrons. The number of fused-ring (bicyclic) bond motifs is 3. The summed E-state index contributed by atoms with van der Waals surface area (Å²) in [5.74, 6) is 12.7. The molecule has 0 N–H and O–H groups in total. The summed E-state index contributed by atoms with van der Waals surface area (Å²) in [7, 11) is -3.11. The van der Waals surface area contributed by atoms with Gasteiger partial charge in [0.05, 0.1) is 35.4 Å². The van der Waals surface area contributed by atoms with Crippen LogP contribution in [0.25, 0.3) is 27.5 Å². The Hall–Kier alpha value is -5.27. The van der Waals surface area contributed by atoms with Crippen LogP contribution in [0.2, 0.25) is 39.3 Å². The molecule has 4 aromatic carbocycles. The highest BCUT2D eigenvalue weighted by atomic mass is 28.3. The Bertz CT molecular complexity index is 2180. The molecule has 1 aromatic heterocycles. The summed E-state index contributed by atoms with van der Waals surface area (Å²) in [5.41, 5.74) is 14.2. The van der Waals surface area contributed by atoms with Crippen LogP contribution in [0.4, 0.5) is 0 Å². The largest absolute Gasteiger partial charge is 0.462 e. The Morgan fingerprint density at radius 3 is 1.37 bits per heavy atom. The molecule has 7 heteroatoms. The summed E-state index contributed by atoms with van der Waals surface area (Å²) in [6.07, 6.45) is 1.48. The van der Waals surface area contributed by atoms with E-state index in [9.17, 15) is 9.59 Å². The third-order valence-corrected chi connectivity index (χ3v) is 9.43. The maximum absolute atomic E-state index is 12.8. The van der Waals surface area contributed by atoms with E-state index in [1.54, 1.807) is 12.1 Å². The molecule has 0 aliphatic carbocycles. The van der Waals surface area contributed by atoms with E-state index in [1.165, 1.54) is 0 Å². The molecule has 0 unspecified atom stereocenters. The van der Waals surface area contributed by atoms with Gasteiger partial charge in [0.25, 0.3) is 0 Å². The van der Waals surface area contributed by atoms with Gasteiger partial charge in [0, 0.05) is 38.7 Å². The van der Waals surface area contributed by atoms with Crippen molar-refractivity contribution in [3.05, 3.63) is 112 Å². The Morgan fingerprint density at radius 1 is 0.549 bits per heavy atom. The van der Waals surface area contributed by atoms with E-state index in [-0.39, 0.29) is 11.9 Å². The van der Waals surface area contributed by atoms with E-state index in [0.29, 0.717) is 24.3 Å². The molecule has 0 amide bonds. The predicted octanol–water partition coefficient (Wildman–Crippen LogP) is 9.77. The Balaban J connectivity index is 1.55. The lowest BCUT2D eigenvalue weighted by Gasteiger charge is -2.09. The van der Waals surface area contributed by atoms with Crippen LogP contribution >= 0.6 is 0 Å². The summed E-state index contributed by atoms with van der Waals surface area (Å²) >= 11 is 0. The van der Waals surface area contributed by atoms with Crippen LogP contribution in [-0.4, -0.2) is 45.9 Å². The summed E-state index contributed by atoms with van der Waals surface area (Å²) in [5, 5.41) is 1.69. The fourth-order valence-corrected chi connectivity index (χ4v) is 6.35. The number of carbonyl (C=O) groups is 2. The molecule has 1 heterocycles. The fraction of sp³-hybridized carbons (Fsp3) is 0.273. The highest BCUT2D eigenvalue weighted by molar-refractivity contribution is 6.84. The molecule has 5 aromatic rings. The van der Waals surface area contributed by atoms with Gasteiger partial charge in [0.1, 0.15) is 16.1 Å². The van der Waals surface area contributed by atoms with Crippen molar-refractivity contribution >= 4 is 49.9 Å². The number of hydrogen-bond acceptors (Lipinski definition) is 4. The van der Waals surface area contributed by atoms with Crippen LogP contribution in [-0.2, 0) is 9.47 Å². The molecular formula is C44H45NO4Si2. The van der Waals surface area contributed by atoms with Gasteiger partial charge in [-0.05, 0) is 91.7 Å². The van der Waals surface area contributed by atoms with E-state index in [2.05, 4.69) is 84.7 Å². The van der Waals surface area contributed by atoms with Gasteiger partial charge >= 0.3 is 11.9 Å². The number of benzene rings is 4. The lowest BCUT2D eigenvalue weighted by Crippen LogP contribution is -2.16. The topological polar surface area (TPSA) is 57.5 Å². The van der Waals surface area contributed by atoms with Crippen LogP contribution in [0.1, 0.15) is 69.7 Å². The standard InChI is InChI=1S/C44H45NO4Si2/c1-9-23-48-43(46)36-15-19-41-39(30-36)40-31-37(44(47)49-24-10-2)16-20-42(40)45(41)38-17-13-32(14-18-38)11-12-33-27-34(21-25-50(3,4)5)29-35(28-33)22-26-51(6,7)8/h13-20,27-31H,9-10,23-24H2,1-8H3. The summed E-state index contributed by atoms with van der Waals surface area (Å²) in [6, 6.07) is 25.4. The van der Waals surface area contributed by atoms with Gasteiger partial charge in [-0.2, -0.15) is 0 Å². The predicted molar refractivity (Wildman–Crippen MR) is 215 cm³/mol. The number of aromatic nitrogens is 1. The Morgan fingerprint density at radius 2 is 0.961 bits per heavy atom. The normalized spacial score (nSPS) is 11.1. The van der Waals surface area contributed by atoms with Crippen LogP contribution in [0.3, 0.4) is 0 Å². The number of nitrogens with zero attached hydrogens (tertiary/aromatic N) is 1. The van der Waals surface area contributed by atoms with Crippen LogP contribution in [0.15, 0.2) is 78.9 Å². The van der Waals surface area contributed by atoms with Crippen LogP contribution in [0, 0.1) is 34.8 Å². The summed E-state index contributed by atoms with van der Waals surface area (Å²) in [4.78, 5) is 25.6. The number of rotatable bonds is 7. The average Bonchev–Trinajstić information content (AvgIpc) is 3.42. The van der Waals surface area contributed by atoms with Crippen molar-refractivity contribution in [3.8, 4) is 40.5 Å². The fourth-order valence-electron chi connectivity index (χ4n) is 5.31. The van der Waals surface area contributed by atoms with Crippen molar-refractivity contribution in [2.75, 3.05) is 13.2 Å². The molecular weight excluding hydrogens is 663 g/mol. The first-order chi connectivity index (χ1) is 24.2. The minimum atomic E-state index is -1.55. The molecule has 0 bridgehead atoms. The maximum Gasteiger partial charge on any atom is 0.338 e. The van der Waals surface area contributed by atoms with E-state index in [4.69, 9.17) is 9.47 Å². The molecule has 0 atom stereocenters. The zero-order chi connectivity index (χ0) is 36.8. The summed E-state index contributed by atoms with van der Waals surface area (Å²) < 4.78 is 13.0. The highest BCUT2D eigenvalue weighted by Gasteiger charge is 2.18. The van der Waals surface area contributed by atoms with E-state index >= 15 is 0 Å². The van der Waals surface area contributed by atoms with Crippen molar-refractivity contribution in [3.63, 3.8) is 0 Å². The second kappa shape index (κ2) is 15.7. The zero-order valence-electron chi connectivity index (χ0n) is 30.9. The molecule has 5 nitrogen and oxygen atoms in total. The SMILES string of the molecule is CCCOC(=O)c1ccc2c(c1)c1cc(C(=O)OCCC)ccc1n2-c1ccc(C#Cc2cc(C#C[Si](C)(C)C)cc(C#C[Si](C)(C)C)c2)cc1. The Kier molecular flexibility index (Phi) is 11.4. The minimum absolute atomic E-state index is 0.354. The molecule has 0 fully saturated rings. The van der Waals surface area contributed by atoms with Gasteiger partial charge in [0.2, 0.25) is 0 Å². The lowest BCUT2D eigenvalue weighted by molar-refractivity contribution is 0.0496. The molecule has 0 aliphatic rings. The number of ether oxygens (including phenoxy) is 2. The van der Waals surface area contributed by atoms with Gasteiger partial charge in [-0.15, -0.1) is 11.1 Å². The van der Waals surface area contributed by atoms with Gasteiger partial charge in [-0.1, -0.05) is 76.8 Å². The van der Waals surface area contributed by atoms with Crippen molar-refractivity contribution < 1.29 is 19.1 Å². The van der Waals surface area contributed by atoms with E-state index < -0.39 is 16.1 Å². The highest BCUT2D eigenvalue weighted by Crippen LogP contribution is 2.34. The molecule has 258 valence electrons. The smallest absolute Gasteiger partial charge is 0.338 e. The van der Waals surface area contributed by atoms with Crippen molar-refractivity contribution in [1.82, 2.24) is 4.57 Å². The second-order valence-electron chi connectivity index (χ2n) is 14.7. The van der Waals surface area contributed by atoms with Crippen molar-refractivity contribution in [1.29, 1.82) is 0 Å². The van der Waals surface area contributed by atoms with Crippen LogP contribution in [0.5, 0.6) is 0 Å². The molecule has 51 heavy (non-hydrogen) atoms. The number of hydrogen-bond donors (Lipinski definition) is 0. The second-order valence-corrected chi connectivity index (χ2v) is 24.2. The van der Waals surface area contributed by atoms with Gasteiger partial charge in [0.15, 0.2) is 0 Å². The first-order valence-electron chi connectivity index (χ1n) is 17.5. The van der Waals surface area contributed by atoms with Crippen molar-refractivity contribution in [2.45, 2.75) is 66.0 Å². The molecule has 5 rings (SSSR count). The number of esters is 2. The monoisotopic (exact) mass is 707 g/mol. The zero-order valence-corrected chi connectivity index (χ0v) is 32.9. The maximum atomic E-state index is 12.8. The molecule has 0 saturated heterocycles. The third kappa shape index (κ3) is 9.71. The van der Waals surface area contributed by atoms with Gasteiger partial charge in [-0.3, -0.25) is 0 Å². The van der Waals surface area contributed by atoms with Gasteiger partial charge < -0.3 is 14.0 Å². The van der Waals surface area contributed by atoms with Crippen LogP contribution < -0.4 is 0 Å². The molecule has 0 saturated carbocycles. The lowest BCUT2D eigenvalue weighted by atomic mass is 10.1. The average molecular weight is 708 g/mol. The van der Waals surface area contributed by atoms with Gasteiger partial charge in [-0.25, -0.2) is 9.59 Å². The quantitative estimate of drug-likeness (QED) is 0.0961. The molecule has 0 spiro atoms. The third-order valence-electron chi connectivity index (χ3n) is 7.68. The first-order valence-corrected chi connectivity index (χ1v) is 24.5. The Labute approximate surface area is 304 Å². The number of carbonyl (C=O) groups excluding carboxylic acids is 2. The first kappa shape index (κ1) is 37.0. The van der Waals surface area contributed by atoms with E-state index in [0.717, 1.165) is 62.6 Å².